The zero-order valence-electron chi connectivity index (χ0n) is 16.0. The van der Waals surface area contributed by atoms with Crippen LogP contribution in [0.2, 0.25) is 0 Å². The first-order chi connectivity index (χ1) is 13.2. The fourth-order valence-corrected chi connectivity index (χ4v) is 5.09. The average molecular weight is 415 g/mol. The molecule has 28 heavy (non-hydrogen) atoms. The number of carbonyl (C=O) groups is 1. The third-order valence-electron chi connectivity index (χ3n) is 4.20. The lowest BCUT2D eigenvalue weighted by Crippen LogP contribution is -2.34. The predicted molar refractivity (Wildman–Crippen MR) is 112 cm³/mol. The van der Waals surface area contributed by atoms with Crippen LogP contribution in [0.5, 0.6) is 0 Å². The summed E-state index contributed by atoms with van der Waals surface area (Å²) in [5, 5.41) is 0. The van der Waals surface area contributed by atoms with Crippen LogP contribution in [0.4, 0.5) is 0 Å². The largest absolute Gasteiger partial charge is 0.294 e. The van der Waals surface area contributed by atoms with Gasteiger partial charge in [-0.25, -0.2) is 13.1 Å². The molecule has 0 amide bonds. The zero-order valence-corrected chi connectivity index (χ0v) is 17.6. The van der Waals surface area contributed by atoms with Gasteiger partial charge in [0.05, 0.1) is 9.77 Å². The maximum atomic E-state index is 12.8. The highest BCUT2D eigenvalue weighted by Gasteiger charge is 2.19. The molecule has 0 aliphatic carbocycles. The highest BCUT2D eigenvalue weighted by Crippen LogP contribution is 2.29. The third-order valence-corrected chi connectivity index (χ3v) is 7.02. The molecular weight excluding hydrogens is 392 g/mol. The van der Waals surface area contributed by atoms with Gasteiger partial charge in [-0.2, -0.15) is 0 Å². The summed E-state index contributed by atoms with van der Waals surface area (Å²) in [5.41, 5.74) is 2.52. The number of nitrogens with zero attached hydrogens (tertiary/aromatic N) is 1. The van der Waals surface area contributed by atoms with Crippen molar-refractivity contribution in [1.29, 1.82) is 0 Å². The smallest absolute Gasteiger partial charge is 0.240 e. The highest BCUT2D eigenvalue weighted by atomic mass is 32.2. The minimum atomic E-state index is -3.67. The molecule has 2 heterocycles. The Labute approximate surface area is 169 Å². The number of aromatic nitrogens is 1. The minimum absolute atomic E-state index is 0.000255. The molecule has 0 radical (unpaired) electrons. The number of rotatable bonds is 7. The number of pyridine rings is 1. The molecule has 7 heteroatoms. The van der Waals surface area contributed by atoms with Gasteiger partial charge in [-0.3, -0.25) is 9.78 Å². The summed E-state index contributed by atoms with van der Waals surface area (Å²) >= 11 is 1.36. The van der Waals surface area contributed by atoms with Crippen LogP contribution in [-0.4, -0.2) is 25.2 Å². The molecule has 1 unspecified atom stereocenters. The number of aryl methyl sites for hydroxylation is 1. The van der Waals surface area contributed by atoms with E-state index in [1.807, 2.05) is 44.2 Å². The van der Waals surface area contributed by atoms with E-state index in [0.717, 1.165) is 21.8 Å². The summed E-state index contributed by atoms with van der Waals surface area (Å²) in [7, 11) is -3.67. The molecule has 1 atom stereocenters. The molecule has 146 valence electrons. The maximum absolute atomic E-state index is 12.8. The van der Waals surface area contributed by atoms with Gasteiger partial charge in [0.25, 0.3) is 0 Å². The number of hydrogen-bond acceptors (Lipinski definition) is 5. The first-order valence-corrected chi connectivity index (χ1v) is 11.2. The van der Waals surface area contributed by atoms with Crippen LogP contribution in [0.3, 0.4) is 0 Å². The number of Topliss-reactive ketones (excluding diaryl/α,β-unsaturated/α-hetero) is 1. The molecule has 3 aromatic rings. The quantitative estimate of drug-likeness (QED) is 0.587. The van der Waals surface area contributed by atoms with Crippen LogP contribution in [0.15, 0.2) is 59.5 Å². The van der Waals surface area contributed by atoms with E-state index in [4.69, 9.17) is 0 Å². The van der Waals surface area contributed by atoms with Crippen molar-refractivity contribution in [2.24, 2.45) is 0 Å². The van der Waals surface area contributed by atoms with E-state index in [2.05, 4.69) is 9.71 Å². The minimum Gasteiger partial charge on any atom is -0.294 e. The second-order valence-corrected chi connectivity index (χ2v) is 9.54. The number of nitrogens with one attached hydrogen (secondary N) is 1. The number of hydrogen-bond donors (Lipinski definition) is 1. The Morgan fingerprint density at radius 3 is 2.57 bits per heavy atom. The van der Waals surface area contributed by atoms with Gasteiger partial charge in [0.1, 0.15) is 0 Å². The van der Waals surface area contributed by atoms with Crippen molar-refractivity contribution >= 4 is 27.1 Å². The maximum Gasteiger partial charge on any atom is 0.240 e. The van der Waals surface area contributed by atoms with Gasteiger partial charge in [0.15, 0.2) is 5.78 Å². The summed E-state index contributed by atoms with van der Waals surface area (Å²) in [6.07, 6.45) is 0.507. The van der Waals surface area contributed by atoms with Gasteiger partial charge in [-0.1, -0.05) is 18.2 Å². The Balaban J connectivity index is 1.78. The van der Waals surface area contributed by atoms with Crippen LogP contribution in [0.25, 0.3) is 10.4 Å². The molecule has 0 aliphatic rings. The molecule has 0 saturated carbocycles. The van der Waals surface area contributed by atoms with Gasteiger partial charge < -0.3 is 0 Å². The molecule has 1 N–H and O–H groups in total. The number of ketones is 1. The second-order valence-electron chi connectivity index (χ2n) is 6.74. The molecule has 2 aromatic heterocycles. The highest BCUT2D eigenvalue weighted by molar-refractivity contribution is 7.89. The van der Waals surface area contributed by atoms with Crippen molar-refractivity contribution in [1.82, 2.24) is 9.71 Å². The second kappa shape index (κ2) is 8.34. The predicted octanol–water partition coefficient (Wildman–Crippen LogP) is 4.23. The van der Waals surface area contributed by atoms with Crippen molar-refractivity contribution in [3.8, 4) is 10.4 Å². The Kier molecular flexibility index (Phi) is 6.07. The van der Waals surface area contributed by atoms with Gasteiger partial charge in [-0.15, -0.1) is 11.3 Å². The zero-order chi connectivity index (χ0) is 20.3. The number of carbonyl (C=O) groups excluding carboxylic acids is 1. The molecule has 1 aromatic carbocycles. The molecular formula is C21H22N2O3S2. The summed E-state index contributed by atoms with van der Waals surface area (Å²) < 4.78 is 28.4. The lowest BCUT2D eigenvalue weighted by molar-refractivity contribution is 0.102. The molecule has 3 rings (SSSR count). The van der Waals surface area contributed by atoms with E-state index < -0.39 is 10.0 Å². The molecule has 5 nitrogen and oxygen atoms in total. The standard InChI is InChI=1S/C21H22N2O3S2/c1-14-6-4-8-18(22-14)12-15(2)23-28(25,26)19-9-5-7-17(13-19)21-11-10-20(27-21)16(3)24/h4-11,13,15,23H,12H2,1-3H3. The van der Waals surface area contributed by atoms with E-state index in [9.17, 15) is 13.2 Å². The van der Waals surface area contributed by atoms with Crippen molar-refractivity contribution in [2.75, 3.05) is 0 Å². The van der Waals surface area contributed by atoms with Gasteiger partial charge >= 0.3 is 0 Å². The van der Waals surface area contributed by atoms with E-state index in [0.29, 0.717) is 11.3 Å². The van der Waals surface area contributed by atoms with Crippen molar-refractivity contribution in [3.05, 3.63) is 70.9 Å². The van der Waals surface area contributed by atoms with E-state index in [1.165, 1.54) is 18.3 Å². The van der Waals surface area contributed by atoms with E-state index in [-0.39, 0.29) is 16.7 Å². The van der Waals surface area contributed by atoms with Gasteiger partial charge in [0, 0.05) is 28.7 Å². The summed E-state index contributed by atoms with van der Waals surface area (Å²) in [6, 6.07) is 15.8. The number of thiophene rings is 1. The van der Waals surface area contributed by atoms with Crippen molar-refractivity contribution in [3.63, 3.8) is 0 Å². The lowest BCUT2D eigenvalue weighted by Gasteiger charge is -2.14. The molecule has 0 aliphatic heterocycles. The van der Waals surface area contributed by atoms with E-state index in [1.54, 1.807) is 24.3 Å². The van der Waals surface area contributed by atoms with Gasteiger partial charge in [0.2, 0.25) is 10.0 Å². The molecule has 0 fully saturated rings. The Morgan fingerprint density at radius 1 is 1.14 bits per heavy atom. The summed E-state index contributed by atoms with van der Waals surface area (Å²) in [4.78, 5) is 17.6. The lowest BCUT2D eigenvalue weighted by atomic mass is 10.2. The Hall–Kier alpha value is -2.35. The Morgan fingerprint density at radius 2 is 1.89 bits per heavy atom. The average Bonchev–Trinajstić information content (AvgIpc) is 3.12. The van der Waals surface area contributed by atoms with Crippen molar-refractivity contribution in [2.45, 2.75) is 38.1 Å². The van der Waals surface area contributed by atoms with Crippen LogP contribution in [-0.2, 0) is 16.4 Å². The van der Waals surface area contributed by atoms with E-state index >= 15 is 0 Å². The van der Waals surface area contributed by atoms with Crippen LogP contribution < -0.4 is 4.72 Å². The SMILES string of the molecule is CC(=O)c1ccc(-c2cccc(S(=O)(=O)NC(C)Cc3cccc(C)n3)c2)s1. The van der Waals surface area contributed by atoms with Gasteiger partial charge in [-0.05, 0) is 62.7 Å². The van der Waals surface area contributed by atoms with Crippen LogP contribution >= 0.6 is 11.3 Å². The molecule has 0 bridgehead atoms. The third kappa shape index (κ3) is 4.92. The fraction of sp³-hybridized carbons (Fsp3) is 0.238. The summed E-state index contributed by atoms with van der Waals surface area (Å²) in [5.74, 6) is 0.000255. The summed E-state index contributed by atoms with van der Waals surface area (Å²) in [6.45, 7) is 5.25. The first kappa shape index (κ1) is 20.4. The normalized spacial score (nSPS) is 12.7. The van der Waals surface area contributed by atoms with Crippen LogP contribution in [0.1, 0.15) is 34.9 Å². The monoisotopic (exact) mass is 414 g/mol. The number of sulfonamides is 1. The number of benzene rings is 1. The van der Waals surface area contributed by atoms with Crippen LogP contribution in [0, 0.1) is 6.92 Å². The fourth-order valence-electron chi connectivity index (χ4n) is 2.90. The van der Waals surface area contributed by atoms with Crippen molar-refractivity contribution < 1.29 is 13.2 Å². The topological polar surface area (TPSA) is 76.1 Å². The Bertz CT molecular complexity index is 1100. The molecule has 0 saturated heterocycles. The first-order valence-electron chi connectivity index (χ1n) is 8.91. The molecule has 0 spiro atoms.